The van der Waals surface area contributed by atoms with E-state index >= 15 is 0 Å². The fourth-order valence-corrected chi connectivity index (χ4v) is 2.51. The van der Waals surface area contributed by atoms with E-state index in [0.29, 0.717) is 57.8 Å². The van der Waals surface area contributed by atoms with Crippen molar-refractivity contribution >= 4 is 12.6 Å². The summed E-state index contributed by atoms with van der Waals surface area (Å²) in [5.74, 6) is 1.93. The molecule has 118 valence electrons. The molecule has 0 aromatic heterocycles. The molecule has 2 aromatic carbocycles. The number of benzene rings is 2. The van der Waals surface area contributed by atoms with Gasteiger partial charge in [0.2, 0.25) is 6.79 Å². The minimum atomic E-state index is 0.101. The molecule has 2 aromatic rings. The summed E-state index contributed by atoms with van der Waals surface area (Å²) in [4.78, 5) is 22.9. The minimum absolute atomic E-state index is 0.101. The molecule has 0 N–H and O–H groups in total. The average Bonchev–Trinajstić information content (AvgIpc) is 3.06. The molecule has 0 fully saturated rings. The van der Waals surface area contributed by atoms with Crippen molar-refractivity contribution < 1.29 is 28.5 Å². The Morgan fingerprint density at radius 3 is 1.96 bits per heavy atom. The molecule has 0 saturated heterocycles. The number of carbonyl (C=O) groups is 2. The molecule has 0 radical (unpaired) electrons. The Balaban J connectivity index is 2.25. The predicted molar refractivity (Wildman–Crippen MR) is 81.9 cm³/mol. The van der Waals surface area contributed by atoms with Gasteiger partial charge in [-0.1, -0.05) is 0 Å². The molecule has 3 rings (SSSR count). The van der Waals surface area contributed by atoms with Gasteiger partial charge in [-0.2, -0.15) is 0 Å². The van der Waals surface area contributed by atoms with Crippen LogP contribution in [0.15, 0.2) is 24.3 Å². The van der Waals surface area contributed by atoms with Gasteiger partial charge in [-0.25, -0.2) is 0 Å². The van der Waals surface area contributed by atoms with Crippen LogP contribution in [-0.2, 0) is 0 Å². The minimum Gasteiger partial charge on any atom is -0.493 e. The van der Waals surface area contributed by atoms with Gasteiger partial charge in [0.1, 0.15) is 0 Å². The first-order valence-electron chi connectivity index (χ1n) is 6.82. The number of rotatable bonds is 5. The lowest BCUT2D eigenvalue weighted by molar-refractivity contribution is 0.111. The van der Waals surface area contributed by atoms with Gasteiger partial charge in [0.25, 0.3) is 0 Å². The number of hydrogen-bond donors (Lipinski definition) is 0. The van der Waals surface area contributed by atoms with Gasteiger partial charge in [0, 0.05) is 11.1 Å². The van der Waals surface area contributed by atoms with Crippen LogP contribution >= 0.6 is 0 Å². The van der Waals surface area contributed by atoms with Crippen molar-refractivity contribution in [1.82, 2.24) is 0 Å². The standard InChI is InChI=1S/C17H14O6/c1-20-14-3-10(7-18)12(5-15(14)21-2)13-6-17-16(22-9-23-17)4-11(13)8-19/h3-8H,9H2,1-2H3. The topological polar surface area (TPSA) is 71.1 Å². The third-order valence-corrected chi connectivity index (χ3v) is 3.64. The van der Waals surface area contributed by atoms with Crippen LogP contribution in [0.25, 0.3) is 11.1 Å². The first-order chi connectivity index (χ1) is 11.2. The SMILES string of the molecule is COc1cc(C=O)c(-c2cc3c(cc2C=O)OCO3)cc1OC. The summed E-state index contributed by atoms with van der Waals surface area (Å²) in [6.07, 6.45) is 1.42. The lowest BCUT2D eigenvalue weighted by atomic mass is 9.95. The second kappa shape index (κ2) is 6.00. The summed E-state index contributed by atoms with van der Waals surface area (Å²) in [7, 11) is 2.99. The van der Waals surface area contributed by atoms with E-state index in [1.807, 2.05) is 0 Å². The third kappa shape index (κ3) is 2.48. The molecule has 0 unspecified atom stereocenters. The van der Waals surface area contributed by atoms with Crippen molar-refractivity contribution in [3.8, 4) is 34.1 Å². The Morgan fingerprint density at radius 1 is 0.826 bits per heavy atom. The molecule has 0 atom stereocenters. The number of fused-ring (bicyclic) bond motifs is 1. The summed E-state index contributed by atoms with van der Waals surface area (Å²) >= 11 is 0. The van der Waals surface area contributed by atoms with Gasteiger partial charge in [0.05, 0.1) is 14.2 Å². The van der Waals surface area contributed by atoms with Crippen LogP contribution in [0, 0.1) is 0 Å². The first-order valence-corrected chi connectivity index (χ1v) is 6.82. The fraction of sp³-hybridized carbons (Fsp3) is 0.176. The largest absolute Gasteiger partial charge is 0.493 e. The van der Waals surface area contributed by atoms with Crippen LogP contribution in [0.1, 0.15) is 20.7 Å². The molecule has 1 aliphatic rings. The van der Waals surface area contributed by atoms with E-state index in [4.69, 9.17) is 18.9 Å². The summed E-state index contributed by atoms with van der Waals surface area (Å²) in [6.45, 7) is 0.101. The van der Waals surface area contributed by atoms with Crippen LogP contribution < -0.4 is 18.9 Å². The molecule has 1 aliphatic heterocycles. The number of hydrogen-bond acceptors (Lipinski definition) is 6. The summed E-state index contributed by atoms with van der Waals surface area (Å²) in [5.41, 5.74) is 1.89. The fourth-order valence-electron chi connectivity index (χ4n) is 2.51. The molecule has 6 heteroatoms. The van der Waals surface area contributed by atoms with Crippen LogP contribution in [0.2, 0.25) is 0 Å². The number of aldehydes is 2. The van der Waals surface area contributed by atoms with E-state index in [1.54, 1.807) is 24.3 Å². The Morgan fingerprint density at radius 2 is 1.35 bits per heavy atom. The average molecular weight is 314 g/mol. The number of methoxy groups -OCH3 is 2. The van der Waals surface area contributed by atoms with Gasteiger partial charge in [0.15, 0.2) is 35.6 Å². The molecule has 6 nitrogen and oxygen atoms in total. The molecular formula is C17H14O6. The van der Waals surface area contributed by atoms with E-state index in [9.17, 15) is 9.59 Å². The van der Waals surface area contributed by atoms with Crippen molar-refractivity contribution in [2.24, 2.45) is 0 Å². The van der Waals surface area contributed by atoms with E-state index in [-0.39, 0.29) is 6.79 Å². The monoisotopic (exact) mass is 314 g/mol. The van der Waals surface area contributed by atoms with Gasteiger partial charge >= 0.3 is 0 Å². The molecule has 0 saturated carbocycles. The highest BCUT2D eigenvalue weighted by atomic mass is 16.7. The van der Waals surface area contributed by atoms with Crippen molar-refractivity contribution in [3.63, 3.8) is 0 Å². The Kier molecular flexibility index (Phi) is 3.89. The second-order valence-corrected chi connectivity index (χ2v) is 4.82. The molecule has 0 amide bonds. The van der Waals surface area contributed by atoms with Crippen molar-refractivity contribution in [2.75, 3.05) is 21.0 Å². The van der Waals surface area contributed by atoms with Crippen LogP contribution in [0.5, 0.6) is 23.0 Å². The molecule has 0 bridgehead atoms. The normalized spacial score (nSPS) is 11.9. The Hall–Kier alpha value is -3.02. The van der Waals surface area contributed by atoms with Gasteiger partial charge in [-0.3, -0.25) is 9.59 Å². The molecular weight excluding hydrogens is 300 g/mol. The van der Waals surface area contributed by atoms with Crippen LogP contribution in [-0.4, -0.2) is 33.6 Å². The molecule has 23 heavy (non-hydrogen) atoms. The second-order valence-electron chi connectivity index (χ2n) is 4.82. The third-order valence-electron chi connectivity index (χ3n) is 3.64. The zero-order chi connectivity index (χ0) is 16.4. The quantitative estimate of drug-likeness (QED) is 0.790. The number of carbonyl (C=O) groups excluding carboxylic acids is 2. The van der Waals surface area contributed by atoms with E-state index in [1.165, 1.54) is 14.2 Å². The maximum Gasteiger partial charge on any atom is 0.231 e. The maximum atomic E-state index is 11.5. The molecule has 0 aliphatic carbocycles. The smallest absolute Gasteiger partial charge is 0.231 e. The summed E-state index contributed by atoms with van der Waals surface area (Å²) in [5, 5.41) is 0. The van der Waals surface area contributed by atoms with Gasteiger partial charge in [-0.05, 0) is 35.4 Å². The van der Waals surface area contributed by atoms with Crippen LogP contribution in [0.4, 0.5) is 0 Å². The summed E-state index contributed by atoms with van der Waals surface area (Å²) in [6, 6.07) is 6.50. The summed E-state index contributed by atoms with van der Waals surface area (Å²) < 4.78 is 21.1. The highest BCUT2D eigenvalue weighted by molar-refractivity contribution is 5.96. The Labute approximate surface area is 132 Å². The lowest BCUT2D eigenvalue weighted by Gasteiger charge is -2.14. The number of ether oxygens (including phenoxy) is 4. The van der Waals surface area contributed by atoms with Crippen molar-refractivity contribution in [1.29, 1.82) is 0 Å². The highest BCUT2D eigenvalue weighted by Gasteiger charge is 2.21. The van der Waals surface area contributed by atoms with Gasteiger partial charge in [-0.15, -0.1) is 0 Å². The highest BCUT2D eigenvalue weighted by Crippen LogP contribution is 2.41. The van der Waals surface area contributed by atoms with Crippen LogP contribution in [0.3, 0.4) is 0 Å². The molecule has 1 heterocycles. The van der Waals surface area contributed by atoms with Crippen molar-refractivity contribution in [3.05, 3.63) is 35.4 Å². The van der Waals surface area contributed by atoms with Gasteiger partial charge < -0.3 is 18.9 Å². The zero-order valence-corrected chi connectivity index (χ0v) is 12.6. The van der Waals surface area contributed by atoms with Crippen molar-refractivity contribution in [2.45, 2.75) is 0 Å². The maximum absolute atomic E-state index is 11.5. The van der Waals surface area contributed by atoms with E-state index < -0.39 is 0 Å². The van der Waals surface area contributed by atoms with E-state index in [2.05, 4.69) is 0 Å². The first kappa shape index (κ1) is 14.9. The van der Waals surface area contributed by atoms with E-state index in [0.717, 1.165) is 0 Å². The zero-order valence-electron chi connectivity index (χ0n) is 12.6. The Bertz CT molecular complexity index is 781. The predicted octanol–water partition coefficient (Wildman–Crippen LogP) is 2.72. The molecule has 0 spiro atoms. The lowest BCUT2D eigenvalue weighted by Crippen LogP contribution is -1.97.